The maximum atomic E-state index is 4.47. The lowest BCUT2D eigenvalue weighted by Crippen LogP contribution is -2.07. The van der Waals surface area contributed by atoms with E-state index >= 15 is 0 Å². The van der Waals surface area contributed by atoms with Crippen molar-refractivity contribution in [2.24, 2.45) is 0 Å². The van der Waals surface area contributed by atoms with Gasteiger partial charge >= 0.3 is 0 Å². The van der Waals surface area contributed by atoms with Crippen LogP contribution in [0.15, 0.2) is 30.5 Å². The van der Waals surface area contributed by atoms with Gasteiger partial charge in [-0.25, -0.2) is 9.97 Å². The molecule has 0 unspecified atom stereocenters. The third kappa shape index (κ3) is 2.37. The van der Waals surface area contributed by atoms with Gasteiger partial charge in [-0.2, -0.15) is 0 Å². The molecule has 0 saturated carbocycles. The normalized spacial score (nSPS) is 10.9. The highest BCUT2D eigenvalue weighted by molar-refractivity contribution is 5.79. The van der Waals surface area contributed by atoms with E-state index in [2.05, 4.69) is 44.5 Å². The Bertz CT molecular complexity index is 758. The standard InChI is InChI=1S/C16H18N4/c1-10-11(2)19-12(3)20-16(10)18-9-13-4-5-14-6-7-17-15(14)8-13/h4-8,17H,9H2,1-3H3,(H,18,19,20). The van der Waals surface area contributed by atoms with Crippen LogP contribution in [0.2, 0.25) is 0 Å². The second-order valence-electron chi connectivity index (χ2n) is 5.08. The number of aromatic nitrogens is 3. The van der Waals surface area contributed by atoms with Gasteiger partial charge in [-0.15, -0.1) is 0 Å². The molecule has 2 N–H and O–H groups in total. The van der Waals surface area contributed by atoms with E-state index in [0.29, 0.717) is 0 Å². The quantitative estimate of drug-likeness (QED) is 0.763. The molecule has 102 valence electrons. The predicted molar refractivity (Wildman–Crippen MR) is 81.9 cm³/mol. The summed E-state index contributed by atoms with van der Waals surface area (Å²) in [6, 6.07) is 8.51. The molecule has 4 nitrogen and oxygen atoms in total. The van der Waals surface area contributed by atoms with Crippen LogP contribution >= 0.6 is 0 Å². The first-order valence-electron chi connectivity index (χ1n) is 6.75. The first-order valence-corrected chi connectivity index (χ1v) is 6.75. The van der Waals surface area contributed by atoms with Crippen molar-refractivity contribution < 1.29 is 0 Å². The average molecular weight is 266 g/mol. The molecule has 2 aromatic heterocycles. The number of aromatic amines is 1. The minimum absolute atomic E-state index is 0.756. The summed E-state index contributed by atoms with van der Waals surface area (Å²) in [6.45, 7) is 6.74. The Morgan fingerprint density at radius 2 is 1.95 bits per heavy atom. The molecule has 2 heterocycles. The minimum Gasteiger partial charge on any atom is -0.366 e. The van der Waals surface area contributed by atoms with Crippen molar-refractivity contribution in [2.45, 2.75) is 27.3 Å². The number of hydrogen-bond acceptors (Lipinski definition) is 3. The fraction of sp³-hybridized carbons (Fsp3) is 0.250. The van der Waals surface area contributed by atoms with Crippen LogP contribution in [-0.4, -0.2) is 15.0 Å². The Hall–Kier alpha value is -2.36. The van der Waals surface area contributed by atoms with Crippen molar-refractivity contribution in [3.05, 3.63) is 53.1 Å². The molecule has 20 heavy (non-hydrogen) atoms. The molecular formula is C16H18N4. The number of anilines is 1. The van der Waals surface area contributed by atoms with E-state index in [9.17, 15) is 0 Å². The Morgan fingerprint density at radius 3 is 2.80 bits per heavy atom. The van der Waals surface area contributed by atoms with Gasteiger partial charge < -0.3 is 10.3 Å². The molecule has 0 atom stereocenters. The Balaban J connectivity index is 1.82. The number of hydrogen-bond donors (Lipinski definition) is 2. The topological polar surface area (TPSA) is 53.6 Å². The fourth-order valence-corrected chi connectivity index (χ4v) is 2.33. The maximum absolute atomic E-state index is 4.47. The number of benzene rings is 1. The molecule has 0 aliphatic rings. The highest BCUT2D eigenvalue weighted by Crippen LogP contribution is 2.18. The van der Waals surface area contributed by atoms with Crippen LogP contribution < -0.4 is 5.32 Å². The second kappa shape index (κ2) is 4.96. The Morgan fingerprint density at radius 1 is 1.10 bits per heavy atom. The molecule has 1 aromatic carbocycles. The smallest absolute Gasteiger partial charge is 0.133 e. The molecule has 0 aliphatic heterocycles. The molecule has 0 radical (unpaired) electrons. The molecule has 0 spiro atoms. The van der Waals surface area contributed by atoms with Gasteiger partial charge in [0.2, 0.25) is 0 Å². The van der Waals surface area contributed by atoms with Crippen LogP contribution in [0.3, 0.4) is 0 Å². The summed E-state index contributed by atoms with van der Waals surface area (Å²) in [5.41, 5.74) is 4.53. The van der Waals surface area contributed by atoms with Crippen molar-refractivity contribution in [1.82, 2.24) is 15.0 Å². The summed E-state index contributed by atoms with van der Waals surface area (Å²) in [5.74, 6) is 1.72. The zero-order chi connectivity index (χ0) is 14.1. The van der Waals surface area contributed by atoms with Gasteiger partial charge in [0, 0.05) is 29.5 Å². The molecule has 3 aromatic rings. The number of nitrogens with one attached hydrogen (secondary N) is 2. The molecule has 4 heteroatoms. The first kappa shape index (κ1) is 12.7. The lowest BCUT2D eigenvalue weighted by molar-refractivity contribution is 0.969. The van der Waals surface area contributed by atoms with Gasteiger partial charge in [-0.3, -0.25) is 0 Å². The summed E-state index contributed by atoms with van der Waals surface area (Å²) in [7, 11) is 0. The van der Waals surface area contributed by atoms with E-state index < -0.39 is 0 Å². The van der Waals surface area contributed by atoms with E-state index in [1.54, 1.807) is 0 Å². The zero-order valence-electron chi connectivity index (χ0n) is 12.0. The number of nitrogens with zero attached hydrogens (tertiary/aromatic N) is 2. The lowest BCUT2D eigenvalue weighted by Gasteiger charge is -2.11. The molecule has 0 fully saturated rings. The maximum Gasteiger partial charge on any atom is 0.133 e. The van der Waals surface area contributed by atoms with Gasteiger partial charge in [-0.1, -0.05) is 12.1 Å². The van der Waals surface area contributed by atoms with E-state index in [1.807, 2.05) is 27.0 Å². The highest BCUT2D eigenvalue weighted by atomic mass is 15.0. The number of rotatable bonds is 3. The monoisotopic (exact) mass is 266 g/mol. The van der Waals surface area contributed by atoms with Gasteiger partial charge in [0.15, 0.2) is 0 Å². The third-order valence-electron chi connectivity index (χ3n) is 3.58. The largest absolute Gasteiger partial charge is 0.366 e. The summed E-state index contributed by atoms with van der Waals surface area (Å²) in [4.78, 5) is 12.1. The summed E-state index contributed by atoms with van der Waals surface area (Å²) in [6.07, 6.45) is 1.96. The summed E-state index contributed by atoms with van der Waals surface area (Å²) in [5, 5.41) is 4.64. The summed E-state index contributed by atoms with van der Waals surface area (Å²) < 4.78 is 0. The molecule has 0 saturated heterocycles. The fourth-order valence-electron chi connectivity index (χ4n) is 2.33. The third-order valence-corrected chi connectivity index (χ3v) is 3.58. The van der Waals surface area contributed by atoms with Crippen LogP contribution in [0.25, 0.3) is 10.9 Å². The number of H-pyrrole nitrogens is 1. The van der Waals surface area contributed by atoms with Crippen LogP contribution in [0.4, 0.5) is 5.82 Å². The van der Waals surface area contributed by atoms with Crippen molar-refractivity contribution in [2.75, 3.05) is 5.32 Å². The number of aryl methyl sites for hydroxylation is 2. The Labute approximate surface area is 118 Å². The Kier molecular flexibility index (Phi) is 3.14. The van der Waals surface area contributed by atoms with Crippen molar-refractivity contribution >= 4 is 16.7 Å². The molecule has 0 aliphatic carbocycles. The van der Waals surface area contributed by atoms with Gasteiger partial charge in [0.25, 0.3) is 0 Å². The van der Waals surface area contributed by atoms with E-state index in [-0.39, 0.29) is 0 Å². The van der Waals surface area contributed by atoms with E-state index in [4.69, 9.17) is 0 Å². The van der Waals surface area contributed by atoms with E-state index in [0.717, 1.165) is 35.0 Å². The van der Waals surface area contributed by atoms with Gasteiger partial charge in [-0.05, 0) is 43.9 Å². The van der Waals surface area contributed by atoms with Crippen LogP contribution in [0, 0.1) is 20.8 Å². The van der Waals surface area contributed by atoms with Gasteiger partial charge in [0.1, 0.15) is 11.6 Å². The first-order chi connectivity index (χ1) is 9.63. The zero-order valence-corrected chi connectivity index (χ0v) is 12.0. The van der Waals surface area contributed by atoms with Crippen molar-refractivity contribution in [3.63, 3.8) is 0 Å². The average Bonchev–Trinajstić information content (AvgIpc) is 2.88. The summed E-state index contributed by atoms with van der Waals surface area (Å²) >= 11 is 0. The van der Waals surface area contributed by atoms with Crippen molar-refractivity contribution in [1.29, 1.82) is 0 Å². The highest BCUT2D eigenvalue weighted by Gasteiger charge is 2.05. The molecule has 0 amide bonds. The SMILES string of the molecule is Cc1nc(C)c(C)c(NCc2ccc3cc[nH]c3c2)n1. The van der Waals surface area contributed by atoms with Crippen LogP contribution in [0.1, 0.15) is 22.6 Å². The number of fused-ring (bicyclic) bond motifs is 1. The van der Waals surface area contributed by atoms with Crippen molar-refractivity contribution in [3.8, 4) is 0 Å². The van der Waals surface area contributed by atoms with E-state index in [1.165, 1.54) is 10.9 Å². The lowest BCUT2D eigenvalue weighted by atomic mass is 10.1. The second-order valence-corrected chi connectivity index (χ2v) is 5.08. The predicted octanol–water partition coefficient (Wildman–Crippen LogP) is 3.50. The molecule has 3 rings (SSSR count). The molecular weight excluding hydrogens is 248 g/mol. The van der Waals surface area contributed by atoms with Crippen LogP contribution in [0.5, 0.6) is 0 Å². The van der Waals surface area contributed by atoms with Gasteiger partial charge in [0.05, 0.1) is 0 Å². The molecule has 0 bridgehead atoms. The van der Waals surface area contributed by atoms with Crippen LogP contribution in [-0.2, 0) is 6.54 Å². The minimum atomic E-state index is 0.756.